The maximum absolute atomic E-state index is 12.7. The molecule has 1 N–H and O–H groups in total. The molecule has 0 spiro atoms. The van der Waals surface area contributed by atoms with Crippen LogP contribution in [0.3, 0.4) is 0 Å². The van der Waals surface area contributed by atoms with Crippen LogP contribution in [0.2, 0.25) is 0 Å². The van der Waals surface area contributed by atoms with Gasteiger partial charge in [0.1, 0.15) is 6.04 Å². The van der Waals surface area contributed by atoms with E-state index in [0.29, 0.717) is 0 Å². The largest absolute Gasteiger partial charge is 0.467 e. The molecule has 0 fully saturated rings. The number of nitrogens with one attached hydrogen (secondary N) is 1. The van der Waals surface area contributed by atoms with Crippen molar-refractivity contribution < 1.29 is 27.5 Å². The van der Waals surface area contributed by atoms with E-state index in [4.69, 9.17) is 5.26 Å². The molecule has 0 radical (unpaired) electrons. The second kappa shape index (κ2) is 8.34. The molecule has 0 aliphatic carbocycles. The third-order valence-corrected chi connectivity index (χ3v) is 3.37. The summed E-state index contributed by atoms with van der Waals surface area (Å²) in [4.78, 5) is 23.7. The lowest BCUT2D eigenvalue weighted by molar-refractivity contribution is -0.146. The van der Waals surface area contributed by atoms with Crippen LogP contribution in [-0.2, 0) is 26.9 Å². The molecule has 0 saturated carbocycles. The molecule has 0 aliphatic heterocycles. The van der Waals surface area contributed by atoms with Crippen molar-refractivity contribution in [1.82, 2.24) is 5.32 Å². The Hall–Kier alpha value is -2.56. The first-order valence-corrected chi connectivity index (χ1v) is 7.09. The van der Waals surface area contributed by atoms with Gasteiger partial charge in [-0.05, 0) is 11.6 Å². The van der Waals surface area contributed by atoms with Gasteiger partial charge in [0.15, 0.2) is 0 Å². The van der Waals surface area contributed by atoms with E-state index >= 15 is 0 Å². The predicted octanol–water partition coefficient (Wildman–Crippen LogP) is 2.46. The fraction of sp³-hybridized carbons (Fsp3) is 0.438. The zero-order chi connectivity index (χ0) is 18.3. The van der Waals surface area contributed by atoms with Crippen molar-refractivity contribution in [1.29, 1.82) is 5.26 Å². The number of esters is 1. The van der Waals surface area contributed by atoms with E-state index in [0.717, 1.165) is 19.2 Å². The lowest BCUT2D eigenvalue weighted by atomic mass is 9.98. The van der Waals surface area contributed by atoms with Crippen molar-refractivity contribution in [3.63, 3.8) is 0 Å². The monoisotopic (exact) mass is 342 g/mol. The number of benzene rings is 1. The highest BCUT2D eigenvalue weighted by molar-refractivity contribution is 5.85. The first kappa shape index (κ1) is 19.5. The van der Waals surface area contributed by atoms with Crippen molar-refractivity contribution in [3.05, 3.63) is 35.4 Å². The Kier molecular flexibility index (Phi) is 6.77. The highest BCUT2D eigenvalue weighted by Gasteiger charge is 2.31. The van der Waals surface area contributed by atoms with Gasteiger partial charge in [0.2, 0.25) is 5.91 Å². The average Bonchev–Trinajstić information content (AvgIpc) is 2.51. The molecule has 130 valence electrons. The number of carbonyl (C=O) groups excluding carboxylic acids is 2. The van der Waals surface area contributed by atoms with Gasteiger partial charge in [-0.2, -0.15) is 18.4 Å². The third-order valence-electron chi connectivity index (χ3n) is 3.37. The molecule has 1 rings (SSSR count). The molecule has 0 aromatic heterocycles. The van der Waals surface area contributed by atoms with E-state index in [1.54, 1.807) is 6.92 Å². The minimum Gasteiger partial charge on any atom is -0.467 e. The van der Waals surface area contributed by atoms with Gasteiger partial charge < -0.3 is 10.1 Å². The molecular weight excluding hydrogens is 325 g/mol. The van der Waals surface area contributed by atoms with Crippen LogP contribution in [0.15, 0.2) is 24.3 Å². The number of ether oxygens (including phenoxy) is 1. The molecule has 5 nitrogen and oxygen atoms in total. The molecule has 0 aliphatic rings. The molecule has 0 heterocycles. The van der Waals surface area contributed by atoms with E-state index in [1.165, 1.54) is 12.1 Å². The van der Waals surface area contributed by atoms with Crippen LogP contribution in [0.1, 0.15) is 24.5 Å². The molecule has 1 aromatic rings. The number of alkyl halides is 3. The predicted molar refractivity (Wildman–Crippen MR) is 78.5 cm³/mol. The van der Waals surface area contributed by atoms with Crippen molar-refractivity contribution >= 4 is 11.9 Å². The van der Waals surface area contributed by atoms with Gasteiger partial charge in [-0.3, -0.25) is 4.79 Å². The SMILES string of the molecule is COC(=O)[C@H](NC(=O)Cc1cccc(C(F)(F)F)c1)[C@@H](C)CC#N. The molecule has 1 aromatic carbocycles. The summed E-state index contributed by atoms with van der Waals surface area (Å²) in [7, 11) is 1.15. The van der Waals surface area contributed by atoms with E-state index < -0.39 is 35.6 Å². The van der Waals surface area contributed by atoms with E-state index in [-0.39, 0.29) is 18.4 Å². The fourth-order valence-electron chi connectivity index (χ4n) is 2.09. The maximum atomic E-state index is 12.7. The van der Waals surface area contributed by atoms with Crippen LogP contribution in [0.4, 0.5) is 13.2 Å². The summed E-state index contributed by atoms with van der Waals surface area (Å²) < 4.78 is 42.6. The quantitative estimate of drug-likeness (QED) is 0.806. The Balaban J connectivity index is 2.83. The van der Waals surface area contributed by atoms with Gasteiger partial charge in [0.05, 0.1) is 25.2 Å². The van der Waals surface area contributed by atoms with Gasteiger partial charge in [-0.25, -0.2) is 4.79 Å². The summed E-state index contributed by atoms with van der Waals surface area (Å²) in [6.45, 7) is 1.59. The van der Waals surface area contributed by atoms with E-state index in [2.05, 4.69) is 10.1 Å². The third kappa shape index (κ3) is 5.57. The minimum atomic E-state index is -4.50. The smallest absolute Gasteiger partial charge is 0.416 e. The Bertz CT molecular complexity index is 638. The van der Waals surface area contributed by atoms with Crippen LogP contribution in [0.5, 0.6) is 0 Å². The number of amides is 1. The number of methoxy groups -OCH3 is 1. The topological polar surface area (TPSA) is 79.2 Å². The number of halogens is 3. The molecule has 0 bridgehead atoms. The summed E-state index contributed by atoms with van der Waals surface area (Å²) >= 11 is 0. The lowest BCUT2D eigenvalue weighted by Crippen LogP contribution is -2.46. The molecular formula is C16H17F3N2O3. The van der Waals surface area contributed by atoms with Gasteiger partial charge in [0, 0.05) is 12.3 Å². The van der Waals surface area contributed by atoms with Crippen molar-refractivity contribution in [2.45, 2.75) is 32.0 Å². The fourth-order valence-corrected chi connectivity index (χ4v) is 2.09. The zero-order valence-corrected chi connectivity index (χ0v) is 13.2. The second-order valence-electron chi connectivity index (χ2n) is 5.28. The van der Waals surface area contributed by atoms with Gasteiger partial charge in [-0.1, -0.05) is 25.1 Å². The van der Waals surface area contributed by atoms with Gasteiger partial charge in [0.25, 0.3) is 0 Å². The van der Waals surface area contributed by atoms with Crippen LogP contribution < -0.4 is 5.32 Å². The van der Waals surface area contributed by atoms with Crippen LogP contribution in [0.25, 0.3) is 0 Å². The van der Waals surface area contributed by atoms with Gasteiger partial charge >= 0.3 is 12.1 Å². The summed E-state index contributed by atoms with van der Waals surface area (Å²) in [5.74, 6) is -1.84. The molecule has 0 unspecified atom stereocenters. The number of hydrogen-bond acceptors (Lipinski definition) is 4. The first-order valence-electron chi connectivity index (χ1n) is 7.09. The number of nitriles is 1. The van der Waals surface area contributed by atoms with Crippen molar-refractivity contribution in [2.24, 2.45) is 5.92 Å². The Morgan fingerprint density at radius 3 is 2.58 bits per heavy atom. The number of carbonyl (C=O) groups is 2. The average molecular weight is 342 g/mol. The second-order valence-corrected chi connectivity index (χ2v) is 5.28. The molecule has 2 atom stereocenters. The van der Waals surface area contributed by atoms with Crippen LogP contribution in [0, 0.1) is 17.2 Å². The first-order chi connectivity index (χ1) is 11.2. The number of rotatable bonds is 6. The normalized spacial score (nSPS) is 13.5. The highest BCUT2D eigenvalue weighted by Crippen LogP contribution is 2.29. The van der Waals surface area contributed by atoms with Crippen LogP contribution >= 0.6 is 0 Å². The highest BCUT2D eigenvalue weighted by atomic mass is 19.4. The molecule has 0 saturated heterocycles. The zero-order valence-electron chi connectivity index (χ0n) is 13.2. The van der Waals surface area contributed by atoms with E-state index in [9.17, 15) is 22.8 Å². The molecule has 8 heteroatoms. The van der Waals surface area contributed by atoms with E-state index in [1.807, 2.05) is 6.07 Å². The summed E-state index contributed by atoms with van der Waals surface area (Å²) in [5, 5.41) is 11.1. The van der Waals surface area contributed by atoms with Crippen molar-refractivity contribution in [2.75, 3.05) is 7.11 Å². The molecule has 1 amide bonds. The summed E-state index contributed by atoms with van der Waals surface area (Å²) in [6, 6.07) is 5.25. The summed E-state index contributed by atoms with van der Waals surface area (Å²) in [5.41, 5.74) is -0.686. The number of hydrogen-bond donors (Lipinski definition) is 1. The minimum absolute atomic E-state index is 0.0175. The van der Waals surface area contributed by atoms with Crippen molar-refractivity contribution in [3.8, 4) is 6.07 Å². The van der Waals surface area contributed by atoms with Gasteiger partial charge in [-0.15, -0.1) is 0 Å². The summed E-state index contributed by atoms with van der Waals surface area (Å²) in [6.07, 6.45) is -4.80. The number of nitrogens with zero attached hydrogens (tertiary/aromatic N) is 1. The Labute approximate surface area is 137 Å². The van der Waals surface area contributed by atoms with Crippen LogP contribution in [-0.4, -0.2) is 25.0 Å². The maximum Gasteiger partial charge on any atom is 0.416 e. The Morgan fingerprint density at radius 1 is 1.38 bits per heavy atom. The standard InChI is InChI=1S/C16H17F3N2O3/c1-10(6-7-20)14(15(23)24-2)21-13(22)9-11-4-3-5-12(8-11)16(17,18)19/h3-5,8,10,14H,6,9H2,1-2H3,(H,21,22)/t10-,14+/m0/s1. The lowest BCUT2D eigenvalue weighted by Gasteiger charge is -2.21. The Morgan fingerprint density at radius 2 is 2.04 bits per heavy atom. The molecule has 24 heavy (non-hydrogen) atoms.